The smallest absolute Gasteiger partial charge is 0.254 e. The maximum atomic E-state index is 13.6. The number of piperazine rings is 1. The number of likely N-dealkylation sites (tertiary alicyclic amines) is 1. The molecule has 1 aromatic heterocycles. The number of nitrogens with one attached hydrogen (secondary N) is 2. The van der Waals surface area contributed by atoms with Gasteiger partial charge >= 0.3 is 0 Å². The lowest BCUT2D eigenvalue weighted by atomic mass is 10.00. The highest BCUT2D eigenvalue weighted by atomic mass is 35.5. The Hall–Kier alpha value is -3.02. The molecule has 5 rings (SSSR count). The van der Waals surface area contributed by atoms with E-state index >= 15 is 0 Å². The highest BCUT2D eigenvalue weighted by Gasteiger charge is 2.34. The van der Waals surface area contributed by atoms with Crippen molar-refractivity contribution in [3.63, 3.8) is 0 Å². The second-order valence-corrected chi connectivity index (χ2v) is 13.3. The van der Waals surface area contributed by atoms with Gasteiger partial charge in [-0.2, -0.15) is 0 Å². The maximum Gasteiger partial charge on any atom is 0.254 e. The number of carbonyl (C=O) groups excluding carboxylic acids is 3. The molecule has 0 bridgehead atoms. The number of aromatic nitrogens is 1. The average Bonchev–Trinajstić information content (AvgIpc) is 3.42. The van der Waals surface area contributed by atoms with Gasteiger partial charge in [-0.1, -0.05) is 46.5 Å². The van der Waals surface area contributed by atoms with Gasteiger partial charge in [0.15, 0.2) is 5.13 Å². The van der Waals surface area contributed by atoms with Crippen molar-refractivity contribution >= 4 is 57.4 Å². The Bertz CT molecular complexity index is 1500. The number of hydrogen-bond acceptors (Lipinski definition) is 7. The lowest BCUT2D eigenvalue weighted by Gasteiger charge is -2.42. The van der Waals surface area contributed by atoms with Gasteiger partial charge in [0.1, 0.15) is 0 Å². The quantitative estimate of drug-likeness (QED) is 0.341. The Labute approximate surface area is 272 Å². The second kappa shape index (κ2) is 14.4. The average molecular weight is 658 g/mol. The van der Waals surface area contributed by atoms with Gasteiger partial charge in [-0.25, -0.2) is 4.98 Å². The molecule has 2 aromatic carbocycles. The first-order valence-corrected chi connectivity index (χ1v) is 16.5. The van der Waals surface area contributed by atoms with E-state index in [4.69, 9.17) is 23.2 Å². The number of rotatable bonds is 8. The number of benzene rings is 2. The molecule has 3 heterocycles. The number of piperidine rings is 1. The van der Waals surface area contributed by atoms with Gasteiger partial charge in [0.2, 0.25) is 11.8 Å². The second-order valence-electron chi connectivity index (χ2n) is 11.7. The van der Waals surface area contributed by atoms with Crippen LogP contribution in [0.25, 0.3) is 0 Å². The van der Waals surface area contributed by atoms with Crippen LogP contribution in [0.15, 0.2) is 41.8 Å². The summed E-state index contributed by atoms with van der Waals surface area (Å²) in [5, 5.41) is 9.69. The number of thiazole rings is 1. The highest BCUT2D eigenvalue weighted by molar-refractivity contribution is 7.13. The van der Waals surface area contributed by atoms with E-state index in [1.165, 1.54) is 18.3 Å². The number of carbonyl (C=O) groups is 3. The lowest BCUT2D eigenvalue weighted by molar-refractivity contribution is -0.135. The first-order valence-electron chi connectivity index (χ1n) is 14.9. The molecule has 0 unspecified atom stereocenters. The monoisotopic (exact) mass is 656 g/mol. The van der Waals surface area contributed by atoms with Crippen LogP contribution < -0.4 is 10.6 Å². The van der Waals surface area contributed by atoms with E-state index in [0.29, 0.717) is 40.4 Å². The van der Waals surface area contributed by atoms with Crippen LogP contribution in [-0.4, -0.2) is 82.7 Å². The minimum atomic E-state index is -0.343. The van der Waals surface area contributed by atoms with Crippen LogP contribution in [0, 0.1) is 13.8 Å². The third-order valence-corrected chi connectivity index (χ3v) is 9.68. The van der Waals surface area contributed by atoms with Gasteiger partial charge in [-0.05, 0) is 56.5 Å². The first kappa shape index (κ1) is 32.4. The predicted octanol–water partition coefficient (Wildman–Crippen LogP) is 5.31. The van der Waals surface area contributed by atoms with E-state index in [1.807, 2.05) is 47.2 Å². The van der Waals surface area contributed by atoms with Gasteiger partial charge in [0.05, 0.1) is 28.3 Å². The number of anilines is 1. The Morgan fingerprint density at radius 1 is 0.977 bits per heavy atom. The molecule has 2 aliphatic rings. The fourth-order valence-corrected chi connectivity index (χ4v) is 7.05. The van der Waals surface area contributed by atoms with Crippen LogP contribution in [0.2, 0.25) is 10.0 Å². The van der Waals surface area contributed by atoms with Gasteiger partial charge in [-0.3, -0.25) is 19.3 Å². The molecule has 3 amide bonds. The first-order chi connectivity index (χ1) is 21.0. The molecule has 3 aromatic rings. The molecule has 0 saturated carbocycles. The van der Waals surface area contributed by atoms with Crippen LogP contribution in [0.4, 0.5) is 5.13 Å². The summed E-state index contributed by atoms with van der Waals surface area (Å²) in [4.78, 5) is 49.0. The zero-order valence-corrected chi connectivity index (χ0v) is 27.6. The molecule has 0 radical (unpaired) electrons. The largest absolute Gasteiger partial charge is 0.334 e. The van der Waals surface area contributed by atoms with Crippen molar-refractivity contribution in [1.82, 2.24) is 25.0 Å². The summed E-state index contributed by atoms with van der Waals surface area (Å²) in [7, 11) is 0. The molecule has 2 N–H and O–H groups in total. The van der Waals surface area contributed by atoms with E-state index in [9.17, 15) is 14.4 Å². The number of halogens is 2. The minimum absolute atomic E-state index is 0.00465. The molecule has 12 heteroatoms. The summed E-state index contributed by atoms with van der Waals surface area (Å²) >= 11 is 14.0. The van der Waals surface area contributed by atoms with Crippen molar-refractivity contribution in [2.24, 2.45) is 0 Å². The third-order valence-electron chi connectivity index (χ3n) is 8.13. The summed E-state index contributed by atoms with van der Waals surface area (Å²) in [5.74, 6) is -0.166. The van der Waals surface area contributed by atoms with Crippen molar-refractivity contribution in [1.29, 1.82) is 0 Å². The molecular weight excluding hydrogens is 619 g/mol. The molecule has 0 aliphatic carbocycles. The number of hydrogen-bond donors (Lipinski definition) is 2. The van der Waals surface area contributed by atoms with Crippen LogP contribution >= 0.6 is 34.5 Å². The molecule has 9 nitrogen and oxygen atoms in total. The van der Waals surface area contributed by atoms with E-state index in [-0.39, 0.29) is 36.3 Å². The topological polar surface area (TPSA) is 97.9 Å². The van der Waals surface area contributed by atoms with Crippen LogP contribution in [0.3, 0.4) is 0 Å². The fraction of sp³-hybridized carbons (Fsp3) is 0.438. The standard InChI is InChI=1S/C32H38Cl2N6O3S/c1-20-12-21(2)14-24(13-20)31(43)39-10-11-40(29(18-39)23-4-5-27(33)28(34)15-23)30(42)16-35-25-6-8-38(9-7-25)17-26-19-44-32(37-26)36-22(3)41/h4-5,12-15,19,25,29,35H,6-11,16-18H2,1-3H3,(H,36,37,41)/t29-/m0/s1. The molecule has 0 spiro atoms. The normalized spacial score (nSPS) is 18.0. The summed E-state index contributed by atoms with van der Waals surface area (Å²) in [5.41, 5.74) is 4.54. The Kier molecular flexibility index (Phi) is 10.6. The van der Waals surface area contributed by atoms with E-state index < -0.39 is 0 Å². The summed E-state index contributed by atoms with van der Waals surface area (Å²) in [6.07, 6.45) is 1.84. The van der Waals surface area contributed by atoms with Gasteiger partial charge in [0, 0.05) is 63.2 Å². The number of aryl methyl sites for hydroxylation is 2. The van der Waals surface area contributed by atoms with E-state index in [0.717, 1.165) is 54.9 Å². The lowest BCUT2D eigenvalue weighted by Crippen LogP contribution is -2.54. The van der Waals surface area contributed by atoms with Crippen molar-refractivity contribution in [2.75, 3.05) is 44.6 Å². The molecule has 44 heavy (non-hydrogen) atoms. The Morgan fingerprint density at radius 2 is 1.70 bits per heavy atom. The summed E-state index contributed by atoms with van der Waals surface area (Å²) < 4.78 is 0. The maximum absolute atomic E-state index is 13.6. The van der Waals surface area contributed by atoms with Crippen molar-refractivity contribution in [3.8, 4) is 0 Å². The zero-order valence-electron chi connectivity index (χ0n) is 25.2. The predicted molar refractivity (Wildman–Crippen MR) is 175 cm³/mol. The van der Waals surface area contributed by atoms with Crippen molar-refractivity contribution < 1.29 is 14.4 Å². The zero-order chi connectivity index (χ0) is 31.4. The molecule has 2 fully saturated rings. The van der Waals surface area contributed by atoms with Crippen molar-refractivity contribution in [2.45, 2.75) is 52.2 Å². The molecule has 2 saturated heterocycles. The molecule has 2 aliphatic heterocycles. The van der Waals surface area contributed by atoms with Gasteiger partial charge in [0.25, 0.3) is 5.91 Å². The van der Waals surface area contributed by atoms with E-state index in [1.54, 1.807) is 12.1 Å². The van der Waals surface area contributed by atoms with Crippen LogP contribution in [0.5, 0.6) is 0 Å². The number of nitrogens with zero attached hydrogens (tertiary/aromatic N) is 4. The summed E-state index contributed by atoms with van der Waals surface area (Å²) in [6.45, 7) is 9.44. The van der Waals surface area contributed by atoms with E-state index in [2.05, 4.69) is 26.6 Å². The fourth-order valence-electron chi connectivity index (χ4n) is 6.00. The Balaban J connectivity index is 1.19. The minimum Gasteiger partial charge on any atom is -0.334 e. The van der Waals surface area contributed by atoms with Crippen molar-refractivity contribution in [3.05, 3.63) is 79.8 Å². The molecule has 234 valence electrons. The van der Waals surface area contributed by atoms with Gasteiger partial charge < -0.3 is 20.4 Å². The number of amides is 3. The molecular formula is C32H38Cl2N6O3S. The SMILES string of the molecule is CC(=O)Nc1nc(CN2CCC(NCC(=O)N3CCN(C(=O)c4cc(C)cc(C)c4)C[C@H]3c3ccc(Cl)c(Cl)c3)CC2)cs1. The van der Waals surface area contributed by atoms with Crippen LogP contribution in [-0.2, 0) is 16.1 Å². The highest BCUT2D eigenvalue weighted by Crippen LogP contribution is 2.31. The van der Waals surface area contributed by atoms with Crippen LogP contribution in [0.1, 0.15) is 58.5 Å². The summed E-state index contributed by atoms with van der Waals surface area (Å²) in [6, 6.07) is 11.2. The molecule has 1 atom stereocenters. The Morgan fingerprint density at radius 3 is 2.39 bits per heavy atom. The van der Waals surface area contributed by atoms with Gasteiger partial charge in [-0.15, -0.1) is 11.3 Å². The third kappa shape index (κ3) is 8.17.